The van der Waals surface area contributed by atoms with E-state index in [9.17, 15) is 10.1 Å². The highest BCUT2D eigenvalue weighted by Gasteiger charge is 2.28. The minimum absolute atomic E-state index is 0.173. The Balaban J connectivity index is 2.08. The number of benzene rings is 2. The molecule has 1 heterocycles. The number of para-hydroxylation sites is 1. The van der Waals surface area contributed by atoms with Gasteiger partial charge in [0, 0.05) is 24.5 Å². The van der Waals surface area contributed by atoms with Gasteiger partial charge in [-0.3, -0.25) is 10.1 Å². The molecule has 0 bridgehead atoms. The van der Waals surface area contributed by atoms with Crippen LogP contribution in [0, 0.1) is 10.1 Å². The highest BCUT2D eigenvalue weighted by molar-refractivity contribution is 5.99. The van der Waals surface area contributed by atoms with Gasteiger partial charge in [-0.15, -0.1) is 0 Å². The summed E-state index contributed by atoms with van der Waals surface area (Å²) in [7, 11) is 3.28. The Morgan fingerprint density at radius 1 is 1.15 bits per heavy atom. The zero-order chi connectivity index (χ0) is 19.4. The van der Waals surface area contributed by atoms with E-state index in [4.69, 9.17) is 9.47 Å². The van der Waals surface area contributed by atoms with Crippen LogP contribution in [-0.4, -0.2) is 36.0 Å². The quantitative estimate of drug-likeness (QED) is 0.421. The van der Waals surface area contributed by atoms with E-state index in [0.717, 1.165) is 42.7 Å². The number of nitro benzene ring substituents is 1. The van der Waals surface area contributed by atoms with Crippen molar-refractivity contribution < 1.29 is 19.0 Å². The minimum Gasteiger partial charge on any atom is -0.493 e. The Kier molecular flexibility index (Phi) is 5.74. The first-order valence-electron chi connectivity index (χ1n) is 9.17. The van der Waals surface area contributed by atoms with Crippen LogP contribution in [-0.2, 0) is 13.0 Å². The lowest BCUT2D eigenvalue weighted by Crippen LogP contribution is -2.30. The molecule has 27 heavy (non-hydrogen) atoms. The van der Waals surface area contributed by atoms with Gasteiger partial charge in [0.2, 0.25) is 0 Å². The third-order valence-electron chi connectivity index (χ3n) is 4.99. The van der Waals surface area contributed by atoms with E-state index in [1.54, 1.807) is 26.4 Å². The van der Waals surface area contributed by atoms with Crippen LogP contribution in [0.15, 0.2) is 36.4 Å². The van der Waals surface area contributed by atoms with Crippen molar-refractivity contribution in [1.29, 1.82) is 0 Å². The van der Waals surface area contributed by atoms with Crippen molar-refractivity contribution in [3.63, 3.8) is 0 Å². The van der Waals surface area contributed by atoms with Crippen LogP contribution in [0.5, 0.6) is 11.5 Å². The van der Waals surface area contributed by atoms with E-state index in [2.05, 4.69) is 11.5 Å². The molecule has 6 nitrogen and oxygen atoms in total. The molecule has 0 aliphatic carbocycles. The van der Waals surface area contributed by atoms with E-state index in [-0.39, 0.29) is 10.6 Å². The van der Waals surface area contributed by atoms with Gasteiger partial charge in [0.15, 0.2) is 23.8 Å². The zero-order valence-corrected chi connectivity index (χ0v) is 16.0. The van der Waals surface area contributed by atoms with Crippen LogP contribution in [0.2, 0.25) is 0 Å². The third kappa shape index (κ3) is 3.79. The van der Waals surface area contributed by atoms with E-state index in [0.29, 0.717) is 12.3 Å². The van der Waals surface area contributed by atoms with Crippen LogP contribution in [0.1, 0.15) is 36.5 Å². The monoisotopic (exact) mass is 369 g/mol. The maximum absolute atomic E-state index is 11.4. The number of hydrogen-bond acceptors (Lipinski definition) is 4. The molecule has 1 aliphatic rings. The summed E-state index contributed by atoms with van der Waals surface area (Å²) in [6.07, 6.45) is 2.77. The Hall–Kier alpha value is -2.89. The molecule has 142 valence electrons. The fourth-order valence-corrected chi connectivity index (χ4v) is 3.69. The Morgan fingerprint density at radius 2 is 1.85 bits per heavy atom. The molecule has 0 saturated carbocycles. The first kappa shape index (κ1) is 18.9. The third-order valence-corrected chi connectivity index (χ3v) is 4.99. The van der Waals surface area contributed by atoms with Crippen molar-refractivity contribution in [3.8, 4) is 11.5 Å². The predicted molar refractivity (Wildman–Crippen MR) is 104 cm³/mol. The van der Waals surface area contributed by atoms with Gasteiger partial charge in [0.25, 0.3) is 5.69 Å². The van der Waals surface area contributed by atoms with Gasteiger partial charge >= 0.3 is 0 Å². The second-order valence-electron chi connectivity index (χ2n) is 6.62. The second kappa shape index (κ2) is 8.20. The number of rotatable bonds is 7. The molecule has 0 atom stereocenters. The van der Waals surface area contributed by atoms with Crippen LogP contribution in [0.4, 0.5) is 5.69 Å². The molecular formula is C21H25N2O4+. The van der Waals surface area contributed by atoms with Gasteiger partial charge < -0.3 is 9.47 Å². The zero-order valence-electron chi connectivity index (χ0n) is 16.0. The molecule has 0 radical (unpaired) electrons. The smallest absolute Gasteiger partial charge is 0.278 e. The van der Waals surface area contributed by atoms with Crippen molar-refractivity contribution in [2.75, 3.05) is 20.8 Å². The van der Waals surface area contributed by atoms with Gasteiger partial charge in [-0.05, 0) is 30.2 Å². The van der Waals surface area contributed by atoms with Crippen molar-refractivity contribution >= 4 is 11.4 Å². The number of nitrogens with zero attached hydrogens (tertiary/aromatic N) is 2. The Morgan fingerprint density at radius 3 is 2.52 bits per heavy atom. The lowest BCUT2D eigenvalue weighted by atomic mass is 9.93. The summed E-state index contributed by atoms with van der Waals surface area (Å²) in [4.78, 5) is 11.1. The minimum atomic E-state index is -0.305. The highest BCUT2D eigenvalue weighted by Crippen LogP contribution is 2.33. The lowest BCUT2D eigenvalue weighted by molar-refractivity contribution is -0.546. The maximum Gasteiger partial charge on any atom is 0.278 e. The molecule has 0 fully saturated rings. The number of nitro groups is 1. The molecule has 2 aromatic rings. The maximum atomic E-state index is 11.4. The van der Waals surface area contributed by atoms with Crippen molar-refractivity contribution in [2.24, 2.45) is 0 Å². The Bertz CT molecular complexity index is 890. The summed E-state index contributed by atoms with van der Waals surface area (Å²) in [5.74, 6) is 1.44. The molecular weight excluding hydrogens is 344 g/mol. The summed E-state index contributed by atoms with van der Waals surface area (Å²) in [6, 6.07) is 11.1. The molecule has 0 spiro atoms. The fourth-order valence-electron chi connectivity index (χ4n) is 3.69. The summed E-state index contributed by atoms with van der Waals surface area (Å²) in [5.41, 5.74) is 4.50. The number of ether oxygens (including phenoxy) is 2. The highest BCUT2D eigenvalue weighted by atomic mass is 16.6. The van der Waals surface area contributed by atoms with E-state index in [1.807, 2.05) is 24.3 Å². The van der Waals surface area contributed by atoms with E-state index < -0.39 is 0 Å². The van der Waals surface area contributed by atoms with Crippen molar-refractivity contribution in [1.82, 2.24) is 0 Å². The predicted octanol–water partition coefficient (Wildman–Crippen LogP) is 3.97. The van der Waals surface area contributed by atoms with Crippen LogP contribution < -0.4 is 9.47 Å². The fraction of sp³-hybridized carbons (Fsp3) is 0.381. The topological polar surface area (TPSA) is 64.6 Å². The van der Waals surface area contributed by atoms with Crippen LogP contribution in [0.3, 0.4) is 0 Å². The SMILES string of the molecule is CCCC1=[N+](Cc2ccccc2[N+](=O)[O-])CCc2cc(OC)c(OC)cc21. The Labute approximate surface area is 159 Å². The number of methoxy groups -OCH3 is 2. The normalized spacial score (nSPS) is 13.3. The summed E-state index contributed by atoms with van der Waals surface area (Å²) in [5, 5.41) is 11.4. The average molecular weight is 369 g/mol. The molecule has 0 N–H and O–H groups in total. The van der Waals surface area contributed by atoms with Gasteiger partial charge in [0.05, 0.1) is 24.7 Å². The van der Waals surface area contributed by atoms with E-state index in [1.165, 1.54) is 11.3 Å². The summed E-state index contributed by atoms with van der Waals surface area (Å²) < 4.78 is 13.2. The van der Waals surface area contributed by atoms with Crippen molar-refractivity contribution in [3.05, 3.63) is 63.2 Å². The number of hydrogen-bond donors (Lipinski definition) is 0. The standard InChI is InChI=1S/C21H25N2O4/c1-4-7-19-17-13-21(27-3)20(26-2)12-15(17)10-11-22(19)14-16-8-5-6-9-18(16)23(24)25/h5-6,8-9,12-13H,4,7,10-11,14H2,1-3H3/q+1. The summed E-state index contributed by atoms with van der Waals surface area (Å²) in [6.45, 7) is 3.50. The van der Waals surface area contributed by atoms with Crippen LogP contribution in [0.25, 0.3) is 0 Å². The molecule has 3 rings (SSSR count). The molecule has 2 aromatic carbocycles. The molecule has 0 amide bonds. The average Bonchev–Trinajstić information content (AvgIpc) is 2.69. The second-order valence-corrected chi connectivity index (χ2v) is 6.62. The number of fused-ring (bicyclic) bond motifs is 1. The molecule has 6 heteroatoms. The summed E-state index contributed by atoms with van der Waals surface area (Å²) >= 11 is 0. The van der Waals surface area contributed by atoms with E-state index >= 15 is 0 Å². The van der Waals surface area contributed by atoms with Crippen LogP contribution >= 0.6 is 0 Å². The molecule has 1 aliphatic heterocycles. The van der Waals surface area contributed by atoms with Crippen molar-refractivity contribution in [2.45, 2.75) is 32.7 Å². The van der Waals surface area contributed by atoms with Gasteiger partial charge in [-0.2, -0.15) is 0 Å². The largest absolute Gasteiger partial charge is 0.493 e. The lowest BCUT2D eigenvalue weighted by Gasteiger charge is -2.20. The first-order valence-corrected chi connectivity index (χ1v) is 9.17. The molecule has 0 unspecified atom stereocenters. The molecule has 0 aromatic heterocycles. The first-order chi connectivity index (χ1) is 13.1. The van der Waals surface area contributed by atoms with Gasteiger partial charge in [-0.25, -0.2) is 4.58 Å². The van der Waals surface area contributed by atoms with Gasteiger partial charge in [0.1, 0.15) is 6.54 Å². The van der Waals surface area contributed by atoms with Gasteiger partial charge in [-0.1, -0.05) is 19.1 Å². The molecule has 0 saturated heterocycles.